The molecule has 2 aromatic carbocycles. The van der Waals surface area contributed by atoms with Crippen LogP contribution in [0.15, 0.2) is 48.5 Å². The Morgan fingerprint density at radius 3 is 2.50 bits per heavy atom. The zero-order valence-electron chi connectivity index (χ0n) is 16.6. The van der Waals surface area contributed by atoms with Crippen molar-refractivity contribution < 1.29 is 17.9 Å². The summed E-state index contributed by atoms with van der Waals surface area (Å²) in [5.41, 5.74) is 1.77. The Hall–Kier alpha value is -2.54. The fraction of sp³-hybridized carbons (Fsp3) is 0.381. The Bertz CT molecular complexity index is 985. The van der Waals surface area contributed by atoms with E-state index in [9.17, 15) is 13.2 Å². The minimum atomic E-state index is -3.61. The van der Waals surface area contributed by atoms with E-state index in [1.165, 1.54) is 0 Å². The minimum Gasteiger partial charge on any atom is -0.487 e. The Labute approximate surface area is 166 Å². The number of sulfonamides is 1. The molecule has 0 aliphatic carbocycles. The summed E-state index contributed by atoms with van der Waals surface area (Å²) in [6, 6.07) is 14.5. The molecular weight excluding hydrogens is 376 g/mol. The van der Waals surface area contributed by atoms with Crippen LogP contribution in [-0.4, -0.2) is 32.7 Å². The number of hydrogen-bond donors (Lipinski definition) is 1. The molecule has 1 atom stereocenters. The third-order valence-electron chi connectivity index (χ3n) is 4.78. The molecule has 150 valence electrons. The number of fused-ring (bicyclic) bond motifs is 1. The lowest BCUT2D eigenvalue weighted by Crippen LogP contribution is -2.45. The topological polar surface area (TPSA) is 75.7 Å². The van der Waals surface area contributed by atoms with Gasteiger partial charge in [0.1, 0.15) is 17.9 Å². The van der Waals surface area contributed by atoms with Crippen molar-refractivity contribution in [2.75, 3.05) is 17.1 Å². The second kappa shape index (κ2) is 7.47. The van der Waals surface area contributed by atoms with Crippen molar-refractivity contribution in [3.63, 3.8) is 0 Å². The van der Waals surface area contributed by atoms with E-state index in [-0.39, 0.29) is 18.5 Å². The van der Waals surface area contributed by atoms with E-state index in [1.807, 2.05) is 57.2 Å². The van der Waals surface area contributed by atoms with Gasteiger partial charge in [-0.3, -0.25) is 9.10 Å². The Balaban J connectivity index is 1.83. The molecule has 3 rings (SSSR count). The van der Waals surface area contributed by atoms with E-state index >= 15 is 0 Å². The summed E-state index contributed by atoms with van der Waals surface area (Å²) in [4.78, 5) is 12.8. The van der Waals surface area contributed by atoms with Gasteiger partial charge >= 0.3 is 0 Å². The molecule has 0 aromatic heterocycles. The number of benzene rings is 2. The third kappa shape index (κ3) is 4.47. The second-order valence-electron chi connectivity index (χ2n) is 7.78. The molecule has 0 saturated heterocycles. The van der Waals surface area contributed by atoms with Crippen LogP contribution >= 0.6 is 0 Å². The maximum absolute atomic E-state index is 12.8. The second-order valence-corrected chi connectivity index (χ2v) is 9.69. The molecule has 1 amide bonds. The van der Waals surface area contributed by atoms with Crippen molar-refractivity contribution in [3.8, 4) is 5.75 Å². The molecule has 1 N–H and O–H groups in total. The highest BCUT2D eigenvalue weighted by molar-refractivity contribution is 7.92. The number of carbonyl (C=O) groups is 1. The Morgan fingerprint density at radius 2 is 1.82 bits per heavy atom. The van der Waals surface area contributed by atoms with Crippen LogP contribution in [0.3, 0.4) is 0 Å². The molecule has 1 aliphatic rings. The highest BCUT2D eigenvalue weighted by Gasteiger charge is 2.35. The third-order valence-corrected chi connectivity index (χ3v) is 5.91. The van der Waals surface area contributed by atoms with Gasteiger partial charge in [0.2, 0.25) is 15.9 Å². The van der Waals surface area contributed by atoms with E-state index in [1.54, 1.807) is 12.1 Å². The Morgan fingerprint density at radius 1 is 1.18 bits per heavy atom. The van der Waals surface area contributed by atoms with Gasteiger partial charge in [-0.15, -0.1) is 0 Å². The molecule has 0 bridgehead atoms. The van der Waals surface area contributed by atoms with E-state index in [0.717, 1.165) is 27.4 Å². The molecule has 0 spiro atoms. The van der Waals surface area contributed by atoms with E-state index in [2.05, 4.69) is 5.32 Å². The molecule has 0 unspecified atom stereocenters. The van der Waals surface area contributed by atoms with Crippen molar-refractivity contribution in [3.05, 3.63) is 59.7 Å². The largest absolute Gasteiger partial charge is 0.487 e. The van der Waals surface area contributed by atoms with E-state index in [4.69, 9.17) is 4.74 Å². The number of para-hydroxylation sites is 2. The minimum absolute atomic E-state index is 0.245. The summed E-state index contributed by atoms with van der Waals surface area (Å²) in [7, 11) is -3.61. The van der Waals surface area contributed by atoms with Gasteiger partial charge in [0.05, 0.1) is 18.0 Å². The van der Waals surface area contributed by atoms with Gasteiger partial charge in [-0.05, 0) is 38.5 Å². The average Bonchev–Trinajstić information content (AvgIpc) is 2.58. The van der Waals surface area contributed by atoms with Gasteiger partial charge in [0.25, 0.3) is 0 Å². The van der Waals surface area contributed by atoms with Crippen molar-refractivity contribution in [2.45, 2.75) is 38.8 Å². The van der Waals surface area contributed by atoms with Gasteiger partial charge in [0.15, 0.2) is 0 Å². The number of rotatable bonds is 5. The zero-order chi connectivity index (χ0) is 20.5. The maximum atomic E-state index is 12.8. The first-order chi connectivity index (χ1) is 13.1. The first kappa shape index (κ1) is 20.2. The monoisotopic (exact) mass is 402 g/mol. The summed E-state index contributed by atoms with van der Waals surface area (Å²) in [6.07, 6.45) is 1.71. The number of hydrogen-bond acceptors (Lipinski definition) is 4. The van der Waals surface area contributed by atoms with Crippen LogP contribution in [0.1, 0.15) is 37.4 Å². The number of carbonyl (C=O) groups excluding carboxylic acids is 1. The molecule has 0 fully saturated rings. The van der Waals surface area contributed by atoms with Crippen LogP contribution < -0.4 is 14.4 Å². The number of nitrogens with zero attached hydrogens (tertiary/aromatic N) is 1. The van der Waals surface area contributed by atoms with Crippen molar-refractivity contribution in [1.29, 1.82) is 0 Å². The molecular formula is C21H26N2O4S. The number of aryl methyl sites for hydroxylation is 1. The summed E-state index contributed by atoms with van der Waals surface area (Å²) in [6.45, 7) is 5.49. The predicted molar refractivity (Wildman–Crippen MR) is 110 cm³/mol. The standard InChI is InChI=1S/C21H26N2O4S/c1-15-9-5-7-11-18(15)23(28(4,25)26)14-20(24)22-17-13-21(2,3)27-19-12-8-6-10-16(17)19/h5-12,17H,13-14H2,1-4H3,(H,22,24)/t17-/m1/s1. The van der Waals surface area contributed by atoms with E-state index < -0.39 is 15.6 Å². The van der Waals surface area contributed by atoms with Crippen LogP contribution in [0.5, 0.6) is 5.75 Å². The fourth-order valence-electron chi connectivity index (χ4n) is 3.53. The van der Waals surface area contributed by atoms with Crippen LogP contribution in [0.4, 0.5) is 5.69 Å². The van der Waals surface area contributed by atoms with Gasteiger partial charge in [-0.2, -0.15) is 0 Å². The smallest absolute Gasteiger partial charge is 0.241 e. The summed E-state index contributed by atoms with van der Waals surface area (Å²) in [5.74, 6) is 0.383. The van der Waals surface area contributed by atoms with Gasteiger partial charge in [-0.1, -0.05) is 36.4 Å². The summed E-state index contributed by atoms with van der Waals surface area (Å²) in [5, 5.41) is 3.00. The number of anilines is 1. The molecule has 0 radical (unpaired) electrons. The highest BCUT2D eigenvalue weighted by Crippen LogP contribution is 2.39. The number of amides is 1. The van der Waals surface area contributed by atoms with E-state index in [0.29, 0.717) is 12.1 Å². The molecule has 2 aromatic rings. The molecule has 6 nitrogen and oxygen atoms in total. The predicted octanol–water partition coefficient (Wildman–Crippen LogP) is 3.18. The number of ether oxygens (including phenoxy) is 1. The van der Waals surface area contributed by atoms with Gasteiger partial charge in [0, 0.05) is 12.0 Å². The van der Waals surface area contributed by atoms with Crippen molar-refractivity contribution in [1.82, 2.24) is 5.32 Å². The molecule has 1 heterocycles. The maximum Gasteiger partial charge on any atom is 0.241 e. The molecule has 0 saturated carbocycles. The number of nitrogens with one attached hydrogen (secondary N) is 1. The first-order valence-electron chi connectivity index (χ1n) is 9.17. The van der Waals surface area contributed by atoms with Crippen LogP contribution in [0, 0.1) is 6.92 Å². The lowest BCUT2D eigenvalue weighted by molar-refractivity contribution is -0.120. The lowest BCUT2D eigenvalue weighted by Gasteiger charge is -2.38. The van der Waals surface area contributed by atoms with Crippen LogP contribution in [0.2, 0.25) is 0 Å². The van der Waals surface area contributed by atoms with Gasteiger partial charge < -0.3 is 10.1 Å². The van der Waals surface area contributed by atoms with Crippen LogP contribution in [-0.2, 0) is 14.8 Å². The SMILES string of the molecule is Cc1ccccc1N(CC(=O)N[C@@H]1CC(C)(C)Oc2ccccc21)S(C)(=O)=O. The zero-order valence-corrected chi connectivity index (χ0v) is 17.4. The fourth-order valence-corrected chi connectivity index (χ4v) is 4.44. The Kier molecular flexibility index (Phi) is 5.39. The molecule has 7 heteroatoms. The van der Waals surface area contributed by atoms with Crippen LogP contribution in [0.25, 0.3) is 0 Å². The lowest BCUT2D eigenvalue weighted by atomic mass is 9.89. The van der Waals surface area contributed by atoms with Crippen molar-refractivity contribution >= 4 is 21.6 Å². The van der Waals surface area contributed by atoms with Crippen molar-refractivity contribution in [2.24, 2.45) is 0 Å². The van der Waals surface area contributed by atoms with Gasteiger partial charge in [-0.25, -0.2) is 8.42 Å². The molecule has 1 aliphatic heterocycles. The average molecular weight is 403 g/mol. The normalized spacial score (nSPS) is 17.9. The highest BCUT2D eigenvalue weighted by atomic mass is 32.2. The summed E-state index contributed by atoms with van der Waals surface area (Å²) >= 11 is 0. The molecule has 28 heavy (non-hydrogen) atoms. The first-order valence-corrected chi connectivity index (χ1v) is 11.0. The summed E-state index contributed by atoms with van der Waals surface area (Å²) < 4.78 is 31.8. The quantitative estimate of drug-likeness (QED) is 0.833.